The summed E-state index contributed by atoms with van der Waals surface area (Å²) in [5.41, 5.74) is 6.37. The van der Waals surface area contributed by atoms with Gasteiger partial charge in [-0.05, 0) is 25.0 Å². The van der Waals surface area contributed by atoms with Crippen molar-refractivity contribution in [3.8, 4) is 0 Å². The summed E-state index contributed by atoms with van der Waals surface area (Å²) < 4.78 is -0.262. The molecule has 26 heavy (non-hydrogen) atoms. The Hall–Kier alpha value is -2.17. The van der Waals surface area contributed by atoms with Gasteiger partial charge >= 0.3 is 0 Å². The molecule has 138 valence electrons. The number of nitrogens with zero attached hydrogens (tertiary/aromatic N) is 1. The number of carbonyl (C=O) groups is 1. The van der Waals surface area contributed by atoms with E-state index in [1.807, 2.05) is 74.5 Å². The van der Waals surface area contributed by atoms with Gasteiger partial charge in [-0.15, -0.1) is 0 Å². The van der Waals surface area contributed by atoms with Crippen LogP contribution in [0.15, 0.2) is 60.7 Å². The van der Waals surface area contributed by atoms with Crippen molar-refractivity contribution in [1.82, 2.24) is 0 Å². The monoisotopic (exact) mass is 352 g/mol. The summed E-state index contributed by atoms with van der Waals surface area (Å²) in [6, 6.07) is 19.2. The Balaban J connectivity index is 2.05. The SMILES string of the molecule is CC1(C)CCC[N+]1([O-])CCC(C(N)=O)(c1ccccc1)c1ccccc1. The highest BCUT2D eigenvalue weighted by Gasteiger charge is 2.46. The quantitative estimate of drug-likeness (QED) is 0.636. The van der Waals surface area contributed by atoms with E-state index >= 15 is 0 Å². The van der Waals surface area contributed by atoms with Crippen LogP contribution < -0.4 is 5.73 Å². The number of amides is 1. The maximum atomic E-state index is 13.5. The number of primary amides is 1. The Kier molecular flexibility index (Phi) is 4.91. The van der Waals surface area contributed by atoms with Crippen molar-refractivity contribution in [3.05, 3.63) is 77.0 Å². The predicted octanol–water partition coefficient (Wildman–Crippen LogP) is 3.74. The van der Waals surface area contributed by atoms with Crippen molar-refractivity contribution >= 4 is 5.91 Å². The molecule has 1 aliphatic rings. The van der Waals surface area contributed by atoms with Crippen LogP contribution in [0.1, 0.15) is 44.2 Å². The number of nitrogens with two attached hydrogens (primary N) is 1. The molecule has 1 amide bonds. The summed E-state index contributed by atoms with van der Waals surface area (Å²) >= 11 is 0. The lowest BCUT2D eigenvalue weighted by Crippen LogP contribution is -2.56. The minimum Gasteiger partial charge on any atom is -0.632 e. The number of rotatable bonds is 6. The number of likely N-dealkylation sites (tertiary alicyclic amines) is 1. The largest absolute Gasteiger partial charge is 0.632 e. The molecule has 0 aliphatic carbocycles. The van der Waals surface area contributed by atoms with E-state index in [0.717, 1.165) is 24.0 Å². The van der Waals surface area contributed by atoms with Gasteiger partial charge in [-0.2, -0.15) is 0 Å². The molecule has 0 spiro atoms. The molecule has 1 aliphatic heterocycles. The van der Waals surface area contributed by atoms with Crippen LogP contribution in [0.5, 0.6) is 0 Å². The van der Waals surface area contributed by atoms with E-state index in [4.69, 9.17) is 5.73 Å². The molecule has 0 bridgehead atoms. The number of benzene rings is 2. The van der Waals surface area contributed by atoms with Crippen molar-refractivity contribution in [2.75, 3.05) is 13.1 Å². The summed E-state index contributed by atoms with van der Waals surface area (Å²) in [5.74, 6) is -0.404. The second-order valence-electron chi connectivity index (χ2n) is 8.00. The maximum Gasteiger partial charge on any atom is 0.232 e. The van der Waals surface area contributed by atoms with E-state index in [1.54, 1.807) is 0 Å². The number of quaternary nitrogens is 1. The fraction of sp³-hybridized carbons (Fsp3) is 0.409. The summed E-state index contributed by atoms with van der Waals surface area (Å²) in [4.78, 5) is 12.8. The fourth-order valence-electron chi connectivity index (χ4n) is 4.34. The molecule has 1 fully saturated rings. The zero-order valence-corrected chi connectivity index (χ0v) is 15.7. The van der Waals surface area contributed by atoms with Gasteiger partial charge in [0.05, 0.1) is 18.6 Å². The van der Waals surface area contributed by atoms with Gasteiger partial charge in [0.15, 0.2) is 0 Å². The standard InChI is InChI=1S/C22H28N2O2/c1-21(2)14-9-16-24(21,26)17-15-22(20(23)25,18-10-5-3-6-11-18)19-12-7-4-8-13-19/h3-8,10-13H,9,14-17H2,1-2H3,(H2,23,25). The third-order valence-electron chi connectivity index (χ3n) is 6.21. The van der Waals surface area contributed by atoms with Crippen LogP contribution in [0.3, 0.4) is 0 Å². The predicted molar refractivity (Wildman–Crippen MR) is 104 cm³/mol. The first-order chi connectivity index (χ1) is 12.3. The first-order valence-corrected chi connectivity index (χ1v) is 9.31. The average Bonchev–Trinajstić information content (AvgIpc) is 2.90. The van der Waals surface area contributed by atoms with Crippen molar-refractivity contribution < 1.29 is 9.44 Å². The van der Waals surface area contributed by atoms with Crippen molar-refractivity contribution in [2.24, 2.45) is 5.73 Å². The molecule has 2 aromatic carbocycles. The molecular formula is C22H28N2O2. The minimum atomic E-state index is -0.989. The van der Waals surface area contributed by atoms with Crippen LogP contribution in [0, 0.1) is 5.21 Å². The molecule has 4 heteroatoms. The maximum absolute atomic E-state index is 13.5. The summed E-state index contributed by atoms with van der Waals surface area (Å²) in [6.45, 7) is 5.04. The molecule has 0 aromatic heterocycles. The summed E-state index contributed by atoms with van der Waals surface area (Å²) in [5, 5.41) is 13.5. The molecule has 0 saturated carbocycles. The fourth-order valence-corrected chi connectivity index (χ4v) is 4.34. The molecule has 4 nitrogen and oxygen atoms in total. The Labute approximate surface area is 155 Å². The smallest absolute Gasteiger partial charge is 0.232 e. The highest BCUT2D eigenvalue weighted by atomic mass is 16.6. The van der Waals surface area contributed by atoms with E-state index in [2.05, 4.69) is 0 Å². The van der Waals surface area contributed by atoms with Gasteiger partial charge in [0.25, 0.3) is 0 Å². The second kappa shape index (κ2) is 6.86. The lowest BCUT2D eigenvalue weighted by Gasteiger charge is -2.51. The van der Waals surface area contributed by atoms with Gasteiger partial charge in [0, 0.05) is 19.3 Å². The van der Waals surface area contributed by atoms with Gasteiger partial charge in [0.1, 0.15) is 5.41 Å². The molecule has 1 atom stereocenters. The topological polar surface area (TPSA) is 66.2 Å². The molecule has 2 N–H and O–H groups in total. The van der Waals surface area contributed by atoms with Crippen LogP contribution in [0.25, 0.3) is 0 Å². The molecular weight excluding hydrogens is 324 g/mol. The van der Waals surface area contributed by atoms with E-state index < -0.39 is 11.3 Å². The Morgan fingerprint density at radius 2 is 1.58 bits per heavy atom. The van der Waals surface area contributed by atoms with Gasteiger partial charge < -0.3 is 15.6 Å². The lowest BCUT2D eigenvalue weighted by molar-refractivity contribution is -0.915. The first-order valence-electron chi connectivity index (χ1n) is 9.31. The summed E-state index contributed by atoms with van der Waals surface area (Å²) in [7, 11) is 0. The van der Waals surface area contributed by atoms with Crippen molar-refractivity contribution in [3.63, 3.8) is 0 Å². The van der Waals surface area contributed by atoms with E-state index in [1.165, 1.54) is 0 Å². The van der Waals surface area contributed by atoms with Crippen LogP contribution in [-0.2, 0) is 10.2 Å². The van der Waals surface area contributed by atoms with Crippen LogP contribution >= 0.6 is 0 Å². The second-order valence-corrected chi connectivity index (χ2v) is 8.00. The Morgan fingerprint density at radius 1 is 1.08 bits per heavy atom. The van der Waals surface area contributed by atoms with E-state index in [9.17, 15) is 10.0 Å². The third-order valence-corrected chi connectivity index (χ3v) is 6.21. The van der Waals surface area contributed by atoms with E-state index in [-0.39, 0.29) is 10.2 Å². The van der Waals surface area contributed by atoms with Crippen LogP contribution in [0.4, 0.5) is 0 Å². The molecule has 2 aromatic rings. The van der Waals surface area contributed by atoms with Gasteiger partial charge in [-0.3, -0.25) is 4.79 Å². The third kappa shape index (κ3) is 3.04. The average molecular weight is 352 g/mol. The summed E-state index contributed by atoms with van der Waals surface area (Å²) in [6.07, 6.45) is 2.25. The van der Waals surface area contributed by atoms with Gasteiger partial charge in [-0.1, -0.05) is 60.7 Å². The highest BCUT2D eigenvalue weighted by Crippen LogP contribution is 2.41. The molecule has 0 radical (unpaired) electrons. The van der Waals surface area contributed by atoms with Crippen molar-refractivity contribution in [1.29, 1.82) is 0 Å². The number of hydroxylamine groups is 3. The molecule has 3 rings (SSSR count). The zero-order valence-electron chi connectivity index (χ0n) is 15.7. The molecule has 1 saturated heterocycles. The van der Waals surface area contributed by atoms with Gasteiger partial charge in [0.2, 0.25) is 5.91 Å². The van der Waals surface area contributed by atoms with Gasteiger partial charge in [-0.25, -0.2) is 0 Å². The normalized spacial score (nSPS) is 22.3. The first kappa shape index (κ1) is 18.6. The number of hydrogen-bond acceptors (Lipinski definition) is 2. The number of carbonyl (C=O) groups excluding carboxylic acids is 1. The molecule has 1 heterocycles. The Bertz CT molecular complexity index is 719. The van der Waals surface area contributed by atoms with Crippen molar-refractivity contribution in [2.45, 2.75) is 44.1 Å². The zero-order chi connectivity index (χ0) is 18.8. The lowest BCUT2D eigenvalue weighted by atomic mass is 9.71. The molecule has 1 unspecified atom stereocenters. The number of hydrogen-bond donors (Lipinski definition) is 1. The Morgan fingerprint density at radius 3 is 1.96 bits per heavy atom. The highest BCUT2D eigenvalue weighted by molar-refractivity contribution is 5.90. The van der Waals surface area contributed by atoms with Crippen LogP contribution in [0.2, 0.25) is 0 Å². The van der Waals surface area contributed by atoms with E-state index in [0.29, 0.717) is 19.5 Å². The minimum absolute atomic E-state index is 0.262. The van der Waals surface area contributed by atoms with Crippen LogP contribution in [-0.4, -0.2) is 29.2 Å².